The summed E-state index contributed by atoms with van der Waals surface area (Å²) in [5.74, 6) is -0.897. The van der Waals surface area contributed by atoms with Gasteiger partial charge < -0.3 is 14.4 Å². The van der Waals surface area contributed by atoms with Crippen LogP contribution >= 0.6 is 0 Å². The number of sulfonamides is 1. The van der Waals surface area contributed by atoms with Gasteiger partial charge in [0.15, 0.2) is 5.75 Å². The summed E-state index contributed by atoms with van der Waals surface area (Å²) < 4.78 is 73.6. The second-order valence-electron chi connectivity index (χ2n) is 7.52. The first-order chi connectivity index (χ1) is 16.0. The van der Waals surface area contributed by atoms with Gasteiger partial charge in [0, 0.05) is 56.2 Å². The minimum absolute atomic E-state index is 0.0407. The number of anilines is 1. The van der Waals surface area contributed by atoms with Gasteiger partial charge in [0.1, 0.15) is 5.75 Å². The van der Waals surface area contributed by atoms with Crippen molar-refractivity contribution in [1.82, 2.24) is 14.8 Å². The van der Waals surface area contributed by atoms with E-state index in [0.29, 0.717) is 38.5 Å². The summed E-state index contributed by atoms with van der Waals surface area (Å²) in [6, 6.07) is 5.02. The van der Waals surface area contributed by atoms with Crippen LogP contribution in [0.2, 0.25) is 0 Å². The van der Waals surface area contributed by atoms with Crippen LogP contribution in [0.1, 0.15) is 22.8 Å². The molecule has 0 spiro atoms. The van der Waals surface area contributed by atoms with Crippen LogP contribution in [0, 0.1) is 0 Å². The zero-order chi connectivity index (χ0) is 24.9. The number of rotatable bonds is 8. The van der Waals surface area contributed by atoms with E-state index < -0.39 is 33.7 Å². The molecule has 1 fully saturated rings. The molecule has 1 aromatic carbocycles. The molecule has 186 valence electrons. The Morgan fingerprint density at radius 2 is 1.85 bits per heavy atom. The van der Waals surface area contributed by atoms with Crippen LogP contribution < -0.4 is 14.2 Å². The molecule has 0 aliphatic carbocycles. The highest BCUT2D eigenvalue weighted by molar-refractivity contribution is 7.92. The first-order valence-corrected chi connectivity index (χ1v) is 12.1. The predicted octanol–water partition coefficient (Wildman–Crippen LogP) is 2.71. The maximum absolute atomic E-state index is 12.9. The number of piperazine rings is 1. The maximum atomic E-state index is 12.9. The van der Waals surface area contributed by atoms with Gasteiger partial charge in [-0.15, -0.1) is 13.2 Å². The average Bonchev–Trinajstić information content (AvgIpc) is 2.79. The van der Waals surface area contributed by atoms with Gasteiger partial charge in [-0.05, 0) is 31.2 Å². The standard InChI is InChI=1S/C21H25F3N4O5S/c1-3-34(30,31)26-17-5-4-15(12-19(17)33-21(22,23)24)20(29)28-10-8-27(9-11-28)14-16-13-25-7-6-18(16)32-2/h4-7,12-13,26H,3,8-11,14H2,1-2H3. The number of benzene rings is 1. The van der Waals surface area contributed by atoms with E-state index in [2.05, 4.69) is 14.6 Å². The quantitative estimate of drug-likeness (QED) is 0.592. The van der Waals surface area contributed by atoms with Crippen LogP contribution in [0.4, 0.5) is 18.9 Å². The van der Waals surface area contributed by atoms with Crippen molar-refractivity contribution in [2.45, 2.75) is 19.8 Å². The van der Waals surface area contributed by atoms with Gasteiger partial charge >= 0.3 is 6.36 Å². The number of hydrogen-bond donors (Lipinski definition) is 1. The zero-order valence-corrected chi connectivity index (χ0v) is 19.4. The number of nitrogens with zero attached hydrogens (tertiary/aromatic N) is 3. The minimum atomic E-state index is -5.06. The van der Waals surface area contributed by atoms with Crippen LogP contribution in [0.25, 0.3) is 0 Å². The lowest BCUT2D eigenvalue weighted by atomic mass is 10.1. The average molecular weight is 503 g/mol. The lowest BCUT2D eigenvalue weighted by molar-refractivity contribution is -0.274. The molecule has 3 rings (SSSR count). The number of nitrogens with one attached hydrogen (secondary N) is 1. The second kappa shape index (κ2) is 10.5. The molecular weight excluding hydrogens is 477 g/mol. The fourth-order valence-electron chi connectivity index (χ4n) is 3.45. The Kier molecular flexibility index (Phi) is 7.87. The van der Waals surface area contributed by atoms with Gasteiger partial charge in [-0.2, -0.15) is 0 Å². The van der Waals surface area contributed by atoms with Crippen LogP contribution in [0.3, 0.4) is 0 Å². The topological polar surface area (TPSA) is 101 Å². The number of carbonyl (C=O) groups is 1. The first kappa shape index (κ1) is 25.6. The fourth-order valence-corrected chi connectivity index (χ4v) is 4.10. The number of ether oxygens (including phenoxy) is 2. The van der Waals surface area contributed by atoms with Gasteiger partial charge in [-0.25, -0.2) is 8.42 Å². The third-order valence-corrected chi connectivity index (χ3v) is 6.52. The van der Waals surface area contributed by atoms with E-state index in [-0.39, 0.29) is 11.3 Å². The van der Waals surface area contributed by atoms with Crippen molar-refractivity contribution in [3.05, 3.63) is 47.8 Å². The second-order valence-corrected chi connectivity index (χ2v) is 9.53. The Morgan fingerprint density at radius 3 is 2.47 bits per heavy atom. The Morgan fingerprint density at radius 1 is 1.15 bits per heavy atom. The van der Waals surface area contributed by atoms with Crippen LogP contribution in [-0.4, -0.2) is 74.5 Å². The molecule has 1 aromatic heterocycles. The highest BCUT2D eigenvalue weighted by atomic mass is 32.2. The van der Waals surface area contributed by atoms with E-state index in [9.17, 15) is 26.4 Å². The van der Waals surface area contributed by atoms with E-state index in [0.717, 1.165) is 17.7 Å². The summed E-state index contributed by atoms with van der Waals surface area (Å²) in [7, 11) is -2.28. The van der Waals surface area contributed by atoms with Crippen LogP contribution in [-0.2, 0) is 16.6 Å². The fraction of sp³-hybridized carbons (Fsp3) is 0.429. The number of halogens is 3. The lowest BCUT2D eigenvalue weighted by Gasteiger charge is -2.35. The van der Waals surface area contributed by atoms with Crippen molar-refractivity contribution >= 4 is 21.6 Å². The van der Waals surface area contributed by atoms with Crippen LogP contribution in [0.5, 0.6) is 11.5 Å². The number of carbonyl (C=O) groups excluding carboxylic acids is 1. The van der Waals surface area contributed by atoms with Crippen molar-refractivity contribution in [3.8, 4) is 11.5 Å². The lowest BCUT2D eigenvalue weighted by Crippen LogP contribution is -2.48. The minimum Gasteiger partial charge on any atom is -0.496 e. The summed E-state index contributed by atoms with van der Waals surface area (Å²) in [5.41, 5.74) is 0.468. The molecule has 13 heteroatoms. The number of aromatic nitrogens is 1. The molecule has 34 heavy (non-hydrogen) atoms. The smallest absolute Gasteiger partial charge is 0.496 e. The molecule has 0 radical (unpaired) electrons. The van der Waals surface area contributed by atoms with Gasteiger partial charge in [0.25, 0.3) is 5.91 Å². The molecule has 1 aliphatic heterocycles. The van der Waals surface area contributed by atoms with E-state index in [4.69, 9.17) is 4.74 Å². The first-order valence-electron chi connectivity index (χ1n) is 10.4. The van der Waals surface area contributed by atoms with Crippen molar-refractivity contribution in [1.29, 1.82) is 0 Å². The molecule has 1 amide bonds. The summed E-state index contributed by atoms with van der Waals surface area (Å²) in [6.45, 7) is 3.74. The van der Waals surface area contributed by atoms with Gasteiger partial charge in [-0.1, -0.05) is 0 Å². The molecule has 1 saturated heterocycles. The molecule has 9 nitrogen and oxygen atoms in total. The van der Waals surface area contributed by atoms with Gasteiger partial charge in [0.05, 0.1) is 18.6 Å². The van der Waals surface area contributed by atoms with Crippen molar-refractivity contribution in [3.63, 3.8) is 0 Å². The Bertz CT molecular complexity index is 1120. The predicted molar refractivity (Wildman–Crippen MR) is 118 cm³/mol. The normalized spacial score (nSPS) is 15.1. The van der Waals surface area contributed by atoms with Gasteiger partial charge in [0.2, 0.25) is 10.0 Å². The number of methoxy groups -OCH3 is 1. The number of hydrogen-bond acceptors (Lipinski definition) is 7. The number of pyridine rings is 1. The van der Waals surface area contributed by atoms with Crippen LogP contribution in [0.15, 0.2) is 36.7 Å². The Labute approximate surface area is 195 Å². The Balaban J connectivity index is 1.71. The molecule has 0 unspecified atom stereocenters. The SMILES string of the molecule is CCS(=O)(=O)Nc1ccc(C(=O)N2CCN(Cc3cnccc3OC)CC2)cc1OC(F)(F)F. The monoisotopic (exact) mass is 502 g/mol. The molecule has 2 heterocycles. The third-order valence-electron chi connectivity index (χ3n) is 5.23. The third kappa shape index (κ3) is 6.73. The molecular formula is C21H25F3N4O5S. The van der Waals surface area contributed by atoms with E-state index in [1.165, 1.54) is 17.9 Å². The van der Waals surface area contributed by atoms with E-state index in [1.54, 1.807) is 25.6 Å². The Hall–Kier alpha value is -3.06. The molecule has 0 bridgehead atoms. The van der Waals surface area contributed by atoms with Crippen molar-refractivity contribution in [2.75, 3.05) is 43.8 Å². The molecule has 0 saturated carbocycles. The molecule has 1 N–H and O–H groups in total. The summed E-state index contributed by atoms with van der Waals surface area (Å²) in [5, 5.41) is 0. The van der Waals surface area contributed by atoms with Gasteiger partial charge in [-0.3, -0.25) is 19.4 Å². The number of amides is 1. The number of alkyl halides is 3. The summed E-state index contributed by atoms with van der Waals surface area (Å²) in [6.07, 6.45) is -1.71. The summed E-state index contributed by atoms with van der Waals surface area (Å²) in [4.78, 5) is 20.7. The maximum Gasteiger partial charge on any atom is 0.573 e. The molecule has 0 atom stereocenters. The highest BCUT2D eigenvalue weighted by Crippen LogP contribution is 2.32. The van der Waals surface area contributed by atoms with E-state index in [1.807, 2.05) is 4.72 Å². The van der Waals surface area contributed by atoms with E-state index >= 15 is 0 Å². The van der Waals surface area contributed by atoms with Crippen molar-refractivity contribution in [2.24, 2.45) is 0 Å². The summed E-state index contributed by atoms with van der Waals surface area (Å²) >= 11 is 0. The largest absolute Gasteiger partial charge is 0.573 e. The van der Waals surface area contributed by atoms with Crippen molar-refractivity contribution < 1.29 is 35.9 Å². The molecule has 1 aliphatic rings. The highest BCUT2D eigenvalue weighted by Gasteiger charge is 2.33. The molecule has 2 aromatic rings. The zero-order valence-electron chi connectivity index (χ0n) is 18.6.